The summed E-state index contributed by atoms with van der Waals surface area (Å²) in [4.78, 5) is 13.6. The summed E-state index contributed by atoms with van der Waals surface area (Å²) < 4.78 is 6.28. The monoisotopic (exact) mass is 215 g/mol. The maximum atomic E-state index is 10.4. The molecule has 1 aromatic heterocycles. The van der Waals surface area contributed by atoms with Crippen LogP contribution >= 0.6 is 0 Å². The second-order valence-corrected chi connectivity index (χ2v) is 3.16. The molecule has 84 valence electrons. The highest BCUT2D eigenvalue weighted by molar-refractivity contribution is 5.16. The highest BCUT2D eigenvalue weighted by Crippen LogP contribution is 2.10. The van der Waals surface area contributed by atoms with Gasteiger partial charge in [0.05, 0.1) is 19.3 Å². The fourth-order valence-corrected chi connectivity index (χ4v) is 1.24. The highest BCUT2D eigenvalue weighted by Gasteiger charge is 2.16. The number of nitrogens with zero attached hydrogens (tertiary/aromatic N) is 3. The largest absolute Gasteiger partial charge is 0.389 e. The van der Waals surface area contributed by atoms with Crippen LogP contribution in [0.3, 0.4) is 0 Å². The number of ether oxygens (including phenoxy) is 1. The molecule has 0 aromatic carbocycles. The first kappa shape index (κ1) is 11.6. The molecule has 0 fully saturated rings. The first-order valence-corrected chi connectivity index (χ1v) is 4.39. The summed E-state index contributed by atoms with van der Waals surface area (Å²) in [7, 11) is 1.48. The quantitative estimate of drug-likeness (QED) is 0.556. The molecule has 7 heteroatoms. The predicted molar refractivity (Wildman–Crippen MR) is 51.5 cm³/mol. The number of aromatic nitrogens is 2. The molecule has 1 aromatic rings. The summed E-state index contributed by atoms with van der Waals surface area (Å²) in [6.45, 7) is 2.07. The highest BCUT2D eigenvalue weighted by atomic mass is 16.6. The van der Waals surface area contributed by atoms with E-state index in [1.165, 1.54) is 17.9 Å². The van der Waals surface area contributed by atoms with Crippen LogP contribution in [0.4, 0.5) is 5.82 Å². The van der Waals surface area contributed by atoms with Gasteiger partial charge in [-0.1, -0.05) is 0 Å². The van der Waals surface area contributed by atoms with E-state index < -0.39 is 11.0 Å². The molecule has 1 atom stereocenters. The first-order chi connectivity index (χ1) is 7.04. The van der Waals surface area contributed by atoms with Crippen LogP contribution in [0, 0.1) is 17.0 Å². The third-order valence-electron chi connectivity index (χ3n) is 1.92. The molecule has 0 spiro atoms. The summed E-state index contributed by atoms with van der Waals surface area (Å²) in [6.07, 6.45) is 0.608. The number of aliphatic hydroxyl groups excluding tert-OH is 1. The van der Waals surface area contributed by atoms with E-state index in [0.29, 0.717) is 5.82 Å². The van der Waals surface area contributed by atoms with Crippen LogP contribution in [0.5, 0.6) is 0 Å². The van der Waals surface area contributed by atoms with Gasteiger partial charge < -0.3 is 24.5 Å². The van der Waals surface area contributed by atoms with E-state index in [0.717, 1.165) is 0 Å². The molecular formula is C8H13N3O4. The third kappa shape index (κ3) is 3.00. The first-order valence-electron chi connectivity index (χ1n) is 4.39. The minimum atomic E-state index is -0.692. The third-order valence-corrected chi connectivity index (χ3v) is 1.92. The molecule has 7 nitrogen and oxygen atoms in total. The van der Waals surface area contributed by atoms with Crippen LogP contribution in [0.2, 0.25) is 0 Å². The Morgan fingerprint density at radius 3 is 2.93 bits per heavy atom. The fraction of sp³-hybridized carbons (Fsp3) is 0.625. The SMILES string of the molecule is COC[C@@H](O)Cn1cc([N+](=O)[O-])nc1C. The molecule has 0 aliphatic carbocycles. The predicted octanol–water partition coefficient (Wildman–Crippen LogP) is 0.107. The van der Waals surface area contributed by atoms with Crippen molar-refractivity contribution in [1.82, 2.24) is 9.55 Å². The molecule has 0 unspecified atom stereocenters. The molecule has 0 saturated carbocycles. The van der Waals surface area contributed by atoms with Crippen LogP contribution in [0.25, 0.3) is 0 Å². The zero-order chi connectivity index (χ0) is 11.4. The minimum Gasteiger partial charge on any atom is -0.389 e. The Labute approximate surface area is 86.5 Å². The Balaban J connectivity index is 2.72. The summed E-state index contributed by atoms with van der Waals surface area (Å²) in [5, 5.41) is 19.9. The smallest absolute Gasteiger partial charge is 0.381 e. The maximum Gasteiger partial charge on any atom is 0.381 e. The fourth-order valence-electron chi connectivity index (χ4n) is 1.24. The molecule has 0 saturated heterocycles. The molecular weight excluding hydrogens is 202 g/mol. The van der Waals surface area contributed by atoms with Crippen molar-refractivity contribution in [2.75, 3.05) is 13.7 Å². The van der Waals surface area contributed by atoms with Gasteiger partial charge >= 0.3 is 5.82 Å². The minimum absolute atomic E-state index is 0.186. The van der Waals surface area contributed by atoms with Crippen LogP contribution in [-0.2, 0) is 11.3 Å². The lowest BCUT2D eigenvalue weighted by molar-refractivity contribution is -0.389. The van der Waals surface area contributed by atoms with Gasteiger partial charge in [-0.3, -0.25) is 0 Å². The molecule has 0 radical (unpaired) electrons. The molecule has 0 bridgehead atoms. The Hall–Kier alpha value is -1.47. The summed E-state index contributed by atoms with van der Waals surface area (Å²) in [5.74, 6) is 0.286. The van der Waals surface area contributed by atoms with Crippen LogP contribution < -0.4 is 0 Å². The Morgan fingerprint density at radius 1 is 1.80 bits per heavy atom. The molecule has 1 heterocycles. The van der Waals surface area contributed by atoms with Crippen LogP contribution in [0.15, 0.2) is 6.20 Å². The number of methoxy groups -OCH3 is 1. The van der Waals surface area contributed by atoms with Gasteiger partial charge in [-0.25, -0.2) is 0 Å². The normalized spacial score (nSPS) is 12.7. The van der Waals surface area contributed by atoms with Crippen LogP contribution in [-0.4, -0.2) is 39.4 Å². The van der Waals surface area contributed by atoms with Crippen molar-refractivity contribution >= 4 is 5.82 Å². The number of aliphatic hydroxyl groups is 1. The topological polar surface area (TPSA) is 90.4 Å². The lowest BCUT2D eigenvalue weighted by atomic mass is 10.4. The second-order valence-electron chi connectivity index (χ2n) is 3.16. The van der Waals surface area contributed by atoms with Crippen molar-refractivity contribution in [2.45, 2.75) is 19.6 Å². The van der Waals surface area contributed by atoms with Gasteiger partial charge in [0.15, 0.2) is 0 Å². The summed E-state index contributed by atoms with van der Waals surface area (Å²) in [5.41, 5.74) is 0. The molecule has 1 N–H and O–H groups in total. The van der Waals surface area contributed by atoms with E-state index in [4.69, 9.17) is 4.74 Å². The van der Waals surface area contributed by atoms with E-state index in [9.17, 15) is 15.2 Å². The van der Waals surface area contributed by atoms with Crippen molar-refractivity contribution in [2.24, 2.45) is 0 Å². The van der Waals surface area contributed by atoms with Crippen molar-refractivity contribution in [1.29, 1.82) is 0 Å². The second kappa shape index (κ2) is 4.85. The number of aryl methyl sites for hydroxylation is 1. The molecule has 0 aliphatic heterocycles. The average molecular weight is 215 g/mol. The number of imidazole rings is 1. The summed E-state index contributed by atoms with van der Waals surface area (Å²) in [6, 6.07) is 0. The van der Waals surface area contributed by atoms with Crippen molar-refractivity contribution < 1.29 is 14.8 Å². The molecule has 0 amide bonds. The summed E-state index contributed by atoms with van der Waals surface area (Å²) >= 11 is 0. The number of hydrogen-bond acceptors (Lipinski definition) is 5. The van der Waals surface area contributed by atoms with Crippen molar-refractivity contribution in [3.8, 4) is 0 Å². The van der Waals surface area contributed by atoms with E-state index in [1.54, 1.807) is 6.92 Å². The van der Waals surface area contributed by atoms with Crippen molar-refractivity contribution in [3.63, 3.8) is 0 Å². The molecule has 1 rings (SSSR count). The van der Waals surface area contributed by atoms with Gasteiger partial charge in [0.25, 0.3) is 0 Å². The zero-order valence-corrected chi connectivity index (χ0v) is 8.58. The van der Waals surface area contributed by atoms with E-state index in [1.807, 2.05) is 0 Å². The van der Waals surface area contributed by atoms with E-state index in [2.05, 4.69) is 4.98 Å². The van der Waals surface area contributed by atoms with Gasteiger partial charge in [-0.2, -0.15) is 0 Å². The van der Waals surface area contributed by atoms with E-state index >= 15 is 0 Å². The van der Waals surface area contributed by atoms with Gasteiger partial charge in [0, 0.05) is 14.0 Å². The Morgan fingerprint density at radius 2 is 2.47 bits per heavy atom. The van der Waals surface area contributed by atoms with Gasteiger partial charge in [0.2, 0.25) is 5.82 Å². The van der Waals surface area contributed by atoms with Gasteiger partial charge in [-0.15, -0.1) is 0 Å². The molecule has 0 aliphatic rings. The number of hydrogen-bond donors (Lipinski definition) is 1. The van der Waals surface area contributed by atoms with Gasteiger partial charge in [-0.05, 0) is 9.91 Å². The molecule has 15 heavy (non-hydrogen) atoms. The zero-order valence-electron chi connectivity index (χ0n) is 8.58. The standard InChI is InChI=1S/C8H13N3O4/c1-6-9-8(11(13)14)4-10(6)3-7(12)5-15-2/h4,7,12H,3,5H2,1-2H3/t7-/m0/s1. The van der Waals surface area contributed by atoms with Crippen molar-refractivity contribution in [3.05, 3.63) is 22.1 Å². The lowest BCUT2D eigenvalue weighted by Crippen LogP contribution is -2.21. The lowest BCUT2D eigenvalue weighted by Gasteiger charge is -2.09. The maximum absolute atomic E-state index is 10.4. The van der Waals surface area contributed by atoms with E-state index in [-0.39, 0.29) is 19.0 Å². The average Bonchev–Trinajstić information content (AvgIpc) is 2.48. The van der Waals surface area contributed by atoms with Gasteiger partial charge in [0.1, 0.15) is 6.20 Å². The number of rotatable bonds is 5. The van der Waals surface area contributed by atoms with Crippen LogP contribution in [0.1, 0.15) is 5.82 Å². The Bertz CT molecular complexity index is 350. The Kier molecular flexibility index (Phi) is 3.75. The number of nitro groups is 1.